The number of hydrogen-bond donors (Lipinski definition) is 0. The Balaban J connectivity index is 1.78. The molecule has 0 radical (unpaired) electrons. The second kappa shape index (κ2) is 8.74. The molecule has 3 rings (SSSR count). The first-order valence-electron chi connectivity index (χ1n) is 9.59. The van der Waals surface area contributed by atoms with E-state index in [1.807, 2.05) is 44.2 Å². The van der Waals surface area contributed by atoms with Crippen LogP contribution in [0, 0.1) is 6.92 Å². The zero-order valence-corrected chi connectivity index (χ0v) is 16.5. The number of aryl methyl sites for hydroxylation is 2. The SMILES string of the molecule is CCCc1cc(=O)oc2cc(OCC(=O)N(CC)c3ccccc3C)ccc12. The highest BCUT2D eigenvalue weighted by molar-refractivity contribution is 5.95. The summed E-state index contributed by atoms with van der Waals surface area (Å²) in [5, 5.41) is 0.898. The Kier molecular flexibility index (Phi) is 6.14. The normalized spacial score (nSPS) is 10.8. The standard InChI is InChI=1S/C23H25NO4/c1-4-8-17-13-23(26)28-21-14-18(11-12-19(17)21)27-15-22(25)24(5-2)20-10-7-6-9-16(20)3/h6-7,9-14H,4-5,8,15H2,1-3H3. The molecule has 0 unspecified atom stereocenters. The molecule has 0 saturated carbocycles. The van der Waals surface area contributed by atoms with Gasteiger partial charge in [0.2, 0.25) is 0 Å². The number of benzene rings is 2. The molecule has 0 aliphatic heterocycles. The van der Waals surface area contributed by atoms with Crippen molar-refractivity contribution in [3.05, 3.63) is 70.1 Å². The Labute approximate surface area is 164 Å². The number of anilines is 1. The molecule has 0 saturated heterocycles. The zero-order chi connectivity index (χ0) is 20.1. The van der Waals surface area contributed by atoms with Gasteiger partial charge in [0.25, 0.3) is 5.91 Å². The number of para-hydroxylation sites is 1. The second-order valence-corrected chi connectivity index (χ2v) is 6.71. The van der Waals surface area contributed by atoms with Crippen molar-refractivity contribution >= 4 is 22.6 Å². The van der Waals surface area contributed by atoms with Crippen LogP contribution < -0.4 is 15.3 Å². The van der Waals surface area contributed by atoms with E-state index in [2.05, 4.69) is 6.92 Å². The van der Waals surface area contributed by atoms with Crippen LogP contribution >= 0.6 is 0 Å². The number of amides is 1. The monoisotopic (exact) mass is 379 g/mol. The molecule has 0 atom stereocenters. The maximum Gasteiger partial charge on any atom is 0.336 e. The largest absolute Gasteiger partial charge is 0.484 e. The minimum absolute atomic E-state index is 0.0907. The predicted molar refractivity (Wildman–Crippen MR) is 111 cm³/mol. The van der Waals surface area contributed by atoms with Crippen molar-refractivity contribution in [1.29, 1.82) is 0 Å². The van der Waals surface area contributed by atoms with Gasteiger partial charge < -0.3 is 14.1 Å². The van der Waals surface area contributed by atoms with Gasteiger partial charge >= 0.3 is 5.63 Å². The summed E-state index contributed by atoms with van der Waals surface area (Å²) in [7, 11) is 0. The fraction of sp³-hybridized carbons (Fsp3) is 0.304. The number of nitrogens with zero attached hydrogens (tertiary/aromatic N) is 1. The van der Waals surface area contributed by atoms with Crippen LogP contribution in [0.25, 0.3) is 11.0 Å². The number of rotatable bonds is 7. The van der Waals surface area contributed by atoms with Gasteiger partial charge in [-0.2, -0.15) is 0 Å². The summed E-state index contributed by atoms with van der Waals surface area (Å²) >= 11 is 0. The third kappa shape index (κ3) is 4.25. The highest BCUT2D eigenvalue weighted by Gasteiger charge is 2.16. The van der Waals surface area contributed by atoms with Crippen LogP contribution in [-0.4, -0.2) is 19.1 Å². The van der Waals surface area contributed by atoms with Crippen LogP contribution in [0.15, 0.2) is 57.7 Å². The van der Waals surface area contributed by atoms with E-state index in [0.717, 1.165) is 35.0 Å². The summed E-state index contributed by atoms with van der Waals surface area (Å²) in [4.78, 5) is 26.2. The van der Waals surface area contributed by atoms with E-state index in [9.17, 15) is 9.59 Å². The van der Waals surface area contributed by atoms with Crippen molar-refractivity contribution in [3.8, 4) is 5.75 Å². The molecule has 5 nitrogen and oxygen atoms in total. The van der Waals surface area contributed by atoms with Crippen LogP contribution in [-0.2, 0) is 11.2 Å². The summed E-state index contributed by atoms with van der Waals surface area (Å²) in [6.45, 7) is 6.44. The van der Waals surface area contributed by atoms with Gasteiger partial charge in [-0.1, -0.05) is 31.5 Å². The number of likely N-dealkylation sites (N-methyl/N-ethyl adjacent to an activating group) is 1. The van der Waals surface area contributed by atoms with E-state index in [1.165, 1.54) is 6.07 Å². The third-order valence-electron chi connectivity index (χ3n) is 4.71. The lowest BCUT2D eigenvalue weighted by atomic mass is 10.1. The molecule has 0 N–H and O–H groups in total. The van der Waals surface area contributed by atoms with Crippen molar-refractivity contribution in [2.45, 2.75) is 33.6 Å². The first kappa shape index (κ1) is 19.7. The number of carbonyl (C=O) groups is 1. The van der Waals surface area contributed by atoms with Crippen LogP contribution in [0.1, 0.15) is 31.4 Å². The molecule has 0 spiro atoms. The Hall–Kier alpha value is -3.08. The van der Waals surface area contributed by atoms with Gasteiger partial charge in [-0.25, -0.2) is 4.79 Å². The van der Waals surface area contributed by atoms with Gasteiger partial charge in [-0.15, -0.1) is 0 Å². The Morgan fingerprint density at radius 2 is 1.89 bits per heavy atom. The van der Waals surface area contributed by atoms with Crippen molar-refractivity contribution < 1.29 is 13.9 Å². The van der Waals surface area contributed by atoms with Crippen LogP contribution in [0.3, 0.4) is 0 Å². The van der Waals surface area contributed by atoms with Gasteiger partial charge in [0, 0.05) is 29.8 Å². The lowest BCUT2D eigenvalue weighted by Gasteiger charge is -2.23. The maximum atomic E-state index is 12.7. The topological polar surface area (TPSA) is 59.8 Å². The minimum Gasteiger partial charge on any atom is -0.484 e. The second-order valence-electron chi connectivity index (χ2n) is 6.71. The number of hydrogen-bond acceptors (Lipinski definition) is 4. The first-order valence-corrected chi connectivity index (χ1v) is 9.59. The molecule has 0 fully saturated rings. The Bertz CT molecular complexity index is 1040. The van der Waals surface area contributed by atoms with Crippen LogP contribution in [0.4, 0.5) is 5.69 Å². The highest BCUT2D eigenvalue weighted by atomic mass is 16.5. The molecular weight excluding hydrogens is 354 g/mol. The third-order valence-corrected chi connectivity index (χ3v) is 4.71. The van der Waals surface area contributed by atoms with E-state index < -0.39 is 0 Å². The van der Waals surface area contributed by atoms with Gasteiger partial charge in [-0.05, 0) is 49.6 Å². The average molecular weight is 379 g/mol. The van der Waals surface area contributed by atoms with Gasteiger partial charge in [0.15, 0.2) is 6.61 Å². The van der Waals surface area contributed by atoms with Gasteiger partial charge in [0.1, 0.15) is 11.3 Å². The maximum absolute atomic E-state index is 12.7. The molecule has 1 aromatic heterocycles. The molecular formula is C23H25NO4. The van der Waals surface area contributed by atoms with E-state index >= 15 is 0 Å². The summed E-state index contributed by atoms with van der Waals surface area (Å²) in [6.07, 6.45) is 1.75. The molecule has 146 valence electrons. The van der Waals surface area contributed by atoms with Crippen molar-refractivity contribution in [1.82, 2.24) is 0 Å². The fourth-order valence-electron chi connectivity index (χ4n) is 3.35. The highest BCUT2D eigenvalue weighted by Crippen LogP contribution is 2.24. The van der Waals surface area contributed by atoms with Crippen LogP contribution in [0.2, 0.25) is 0 Å². The molecule has 1 amide bonds. The fourth-order valence-corrected chi connectivity index (χ4v) is 3.35. The Morgan fingerprint density at radius 1 is 1.11 bits per heavy atom. The Morgan fingerprint density at radius 3 is 2.61 bits per heavy atom. The molecule has 3 aromatic rings. The summed E-state index contributed by atoms with van der Waals surface area (Å²) in [6, 6.07) is 14.7. The molecule has 5 heteroatoms. The van der Waals surface area contributed by atoms with E-state index in [1.54, 1.807) is 17.0 Å². The lowest BCUT2D eigenvalue weighted by molar-refractivity contribution is -0.120. The zero-order valence-electron chi connectivity index (χ0n) is 16.5. The lowest BCUT2D eigenvalue weighted by Crippen LogP contribution is -2.35. The molecule has 28 heavy (non-hydrogen) atoms. The molecule has 0 aliphatic rings. The summed E-state index contributed by atoms with van der Waals surface area (Å²) in [5.41, 5.74) is 2.99. The number of ether oxygens (including phenoxy) is 1. The smallest absolute Gasteiger partial charge is 0.336 e. The number of carbonyl (C=O) groups excluding carboxylic acids is 1. The predicted octanol–water partition coefficient (Wildman–Crippen LogP) is 4.49. The van der Waals surface area contributed by atoms with Crippen molar-refractivity contribution in [2.24, 2.45) is 0 Å². The molecule has 1 heterocycles. The number of fused-ring (bicyclic) bond motifs is 1. The molecule has 0 bridgehead atoms. The molecule has 0 aliphatic carbocycles. The quantitative estimate of drug-likeness (QED) is 0.568. The summed E-state index contributed by atoms with van der Waals surface area (Å²) < 4.78 is 11.0. The van der Waals surface area contributed by atoms with E-state index in [4.69, 9.17) is 9.15 Å². The van der Waals surface area contributed by atoms with Crippen molar-refractivity contribution in [2.75, 3.05) is 18.1 Å². The van der Waals surface area contributed by atoms with E-state index in [0.29, 0.717) is 17.9 Å². The minimum atomic E-state index is -0.374. The van der Waals surface area contributed by atoms with Gasteiger partial charge in [-0.3, -0.25) is 4.79 Å². The van der Waals surface area contributed by atoms with Gasteiger partial charge in [0.05, 0.1) is 0 Å². The van der Waals surface area contributed by atoms with E-state index in [-0.39, 0.29) is 18.1 Å². The van der Waals surface area contributed by atoms with Crippen LogP contribution in [0.5, 0.6) is 5.75 Å². The molecule has 2 aromatic carbocycles. The average Bonchev–Trinajstić information content (AvgIpc) is 2.68. The van der Waals surface area contributed by atoms with Crippen molar-refractivity contribution in [3.63, 3.8) is 0 Å². The summed E-state index contributed by atoms with van der Waals surface area (Å²) in [5.74, 6) is 0.372. The first-order chi connectivity index (χ1) is 13.5.